The van der Waals surface area contributed by atoms with Crippen molar-refractivity contribution in [2.75, 3.05) is 0 Å². The molecule has 68 valence electrons. The first-order valence-electron chi connectivity index (χ1n) is 4.20. The predicted molar refractivity (Wildman–Crippen MR) is 51.1 cm³/mol. The molecule has 2 rings (SSSR count). The summed E-state index contributed by atoms with van der Waals surface area (Å²) >= 11 is 0. The zero-order chi connectivity index (χ0) is 9.42. The Kier molecular flexibility index (Phi) is 1.77. The molecular weight excluding hydrogens is 164 g/mol. The Morgan fingerprint density at radius 3 is 3.00 bits per heavy atom. The molecule has 0 saturated carbocycles. The van der Waals surface area contributed by atoms with Crippen LogP contribution in [0.2, 0.25) is 0 Å². The fourth-order valence-corrected chi connectivity index (χ4v) is 1.44. The summed E-state index contributed by atoms with van der Waals surface area (Å²) in [6, 6.07) is 2.06. The summed E-state index contributed by atoms with van der Waals surface area (Å²) in [5, 5.41) is 4.28. The quantitative estimate of drug-likeness (QED) is 0.697. The summed E-state index contributed by atoms with van der Waals surface area (Å²) in [7, 11) is 1.91. The minimum absolute atomic E-state index is 0.438. The molecule has 0 spiro atoms. The topological polar surface area (TPSA) is 56.7 Å². The molecule has 2 aromatic rings. The van der Waals surface area contributed by atoms with Gasteiger partial charge in [-0.15, -0.1) is 0 Å². The van der Waals surface area contributed by atoms with Crippen LogP contribution in [0.25, 0.3) is 11.0 Å². The third-order valence-corrected chi connectivity index (χ3v) is 2.09. The van der Waals surface area contributed by atoms with Crippen molar-refractivity contribution in [3.63, 3.8) is 0 Å². The van der Waals surface area contributed by atoms with Crippen molar-refractivity contribution in [3.8, 4) is 0 Å². The molecule has 0 aromatic carbocycles. The van der Waals surface area contributed by atoms with Gasteiger partial charge in [-0.1, -0.05) is 0 Å². The zero-order valence-electron chi connectivity index (χ0n) is 7.78. The van der Waals surface area contributed by atoms with E-state index >= 15 is 0 Å². The van der Waals surface area contributed by atoms with E-state index in [-0.39, 0.29) is 0 Å². The minimum Gasteiger partial charge on any atom is -0.325 e. The van der Waals surface area contributed by atoms with E-state index in [0.29, 0.717) is 6.54 Å². The van der Waals surface area contributed by atoms with Crippen LogP contribution in [0.4, 0.5) is 0 Å². The smallest absolute Gasteiger partial charge is 0.113 e. The Balaban J connectivity index is 2.80. The van der Waals surface area contributed by atoms with Gasteiger partial charge in [-0.2, -0.15) is 5.10 Å². The Bertz CT molecular complexity index is 444. The third-order valence-electron chi connectivity index (χ3n) is 2.09. The van der Waals surface area contributed by atoms with Crippen LogP contribution in [0.5, 0.6) is 0 Å². The van der Waals surface area contributed by atoms with Crippen LogP contribution in [0.3, 0.4) is 0 Å². The van der Waals surface area contributed by atoms with E-state index in [1.165, 1.54) is 0 Å². The summed E-state index contributed by atoms with van der Waals surface area (Å²) in [5.74, 6) is 0. The van der Waals surface area contributed by atoms with Crippen molar-refractivity contribution >= 4 is 11.0 Å². The van der Waals surface area contributed by atoms with E-state index < -0.39 is 0 Å². The number of fused-ring (bicyclic) bond motifs is 1. The minimum atomic E-state index is 0.438. The lowest BCUT2D eigenvalue weighted by molar-refractivity contribution is 0.765. The average molecular weight is 176 g/mol. The van der Waals surface area contributed by atoms with Gasteiger partial charge < -0.3 is 5.73 Å². The Morgan fingerprint density at radius 2 is 2.31 bits per heavy atom. The van der Waals surface area contributed by atoms with E-state index in [2.05, 4.69) is 16.1 Å². The monoisotopic (exact) mass is 176 g/mol. The molecule has 4 nitrogen and oxygen atoms in total. The van der Waals surface area contributed by atoms with Gasteiger partial charge in [0.25, 0.3) is 0 Å². The molecule has 2 N–H and O–H groups in total. The highest BCUT2D eigenvalue weighted by Gasteiger charge is 2.07. The Labute approximate surface area is 76.4 Å². The lowest BCUT2D eigenvalue weighted by Gasteiger charge is -1.94. The van der Waals surface area contributed by atoms with E-state index in [4.69, 9.17) is 5.73 Å². The van der Waals surface area contributed by atoms with Crippen molar-refractivity contribution in [1.29, 1.82) is 0 Å². The molecule has 0 aliphatic carbocycles. The van der Waals surface area contributed by atoms with Crippen LogP contribution < -0.4 is 5.73 Å². The van der Waals surface area contributed by atoms with E-state index in [1.54, 1.807) is 0 Å². The standard InChI is InChI=1S/C9H12N4/c1-6-3-8-9(11-5-6)7(4-10)12-13(8)2/h3,5H,4,10H2,1-2H3. The number of rotatable bonds is 1. The Hall–Kier alpha value is -1.42. The van der Waals surface area contributed by atoms with Gasteiger partial charge in [0, 0.05) is 19.8 Å². The highest BCUT2D eigenvalue weighted by Crippen LogP contribution is 2.15. The molecule has 0 aliphatic rings. The second-order valence-corrected chi connectivity index (χ2v) is 3.15. The molecule has 0 atom stereocenters. The van der Waals surface area contributed by atoms with E-state index in [1.807, 2.05) is 24.9 Å². The van der Waals surface area contributed by atoms with Gasteiger partial charge in [-0.3, -0.25) is 9.67 Å². The van der Waals surface area contributed by atoms with Gasteiger partial charge in [0.05, 0.1) is 5.52 Å². The maximum Gasteiger partial charge on any atom is 0.113 e. The lowest BCUT2D eigenvalue weighted by Crippen LogP contribution is -1.98. The van der Waals surface area contributed by atoms with Crippen molar-refractivity contribution in [1.82, 2.24) is 14.8 Å². The molecule has 0 fully saturated rings. The fraction of sp³-hybridized carbons (Fsp3) is 0.333. The number of nitrogens with two attached hydrogens (primary N) is 1. The average Bonchev–Trinajstić information content (AvgIpc) is 2.43. The number of hydrogen-bond acceptors (Lipinski definition) is 3. The van der Waals surface area contributed by atoms with Gasteiger partial charge in [0.2, 0.25) is 0 Å². The van der Waals surface area contributed by atoms with Crippen molar-refractivity contribution in [2.45, 2.75) is 13.5 Å². The van der Waals surface area contributed by atoms with Crippen LogP contribution in [0, 0.1) is 6.92 Å². The van der Waals surface area contributed by atoms with Crippen LogP contribution in [-0.2, 0) is 13.6 Å². The summed E-state index contributed by atoms with van der Waals surface area (Å²) in [4.78, 5) is 4.31. The summed E-state index contributed by atoms with van der Waals surface area (Å²) in [6.07, 6.45) is 1.84. The van der Waals surface area contributed by atoms with Gasteiger partial charge in [0.15, 0.2) is 0 Å². The molecule has 0 aliphatic heterocycles. The van der Waals surface area contributed by atoms with Crippen LogP contribution in [0.15, 0.2) is 12.3 Å². The van der Waals surface area contributed by atoms with E-state index in [0.717, 1.165) is 22.3 Å². The van der Waals surface area contributed by atoms with Gasteiger partial charge in [-0.05, 0) is 18.6 Å². The second-order valence-electron chi connectivity index (χ2n) is 3.15. The maximum absolute atomic E-state index is 5.55. The predicted octanol–water partition coefficient (Wildman–Crippen LogP) is 0.735. The molecule has 4 heteroatoms. The van der Waals surface area contributed by atoms with Gasteiger partial charge >= 0.3 is 0 Å². The summed E-state index contributed by atoms with van der Waals surface area (Å²) in [5.41, 5.74) is 9.50. The summed E-state index contributed by atoms with van der Waals surface area (Å²) < 4.78 is 1.82. The normalized spacial score (nSPS) is 11.0. The molecule has 0 radical (unpaired) electrons. The number of aryl methyl sites for hydroxylation is 2. The zero-order valence-corrected chi connectivity index (χ0v) is 7.78. The fourth-order valence-electron chi connectivity index (χ4n) is 1.44. The number of pyridine rings is 1. The largest absolute Gasteiger partial charge is 0.325 e. The second kappa shape index (κ2) is 2.81. The molecule has 2 heterocycles. The molecule has 2 aromatic heterocycles. The summed E-state index contributed by atoms with van der Waals surface area (Å²) in [6.45, 7) is 2.45. The highest BCUT2D eigenvalue weighted by molar-refractivity contribution is 5.77. The molecule has 0 unspecified atom stereocenters. The van der Waals surface area contributed by atoms with Crippen LogP contribution in [-0.4, -0.2) is 14.8 Å². The van der Waals surface area contributed by atoms with Crippen molar-refractivity contribution in [2.24, 2.45) is 12.8 Å². The number of hydrogen-bond donors (Lipinski definition) is 1. The lowest BCUT2D eigenvalue weighted by atomic mass is 10.2. The van der Waals surface area contributed by atoms with Crippen molar-refractivity contribution in [3.05, 3.63) is 23.5 Å². The first-order valence-corrected chi connectivity index (χ1v) is 4.20. The van der Waals surface area contributed by atoms with Gasteiger partial charge in [0.1, 0.15) is 11.2 Å². The number of nitrogens with zero attached hydrogens (tertiary/aromatic N) is 3. The molecule has 13 heavy (non-hydrogen) atoms. The Morgan fingerprint density at radius 1 is 1.54 bits per heavy atom. The van der Waals surface area contributed by atoms with Crippen LogP contribution >= 0.6 is 0 Å². The SMILES string of the molecule is Cc1cnc2c(CN)nn(C)c2c1. The van der Waals surface area contributed by atoms with E-state index in [9.17, 15) is 0 Å². The highest BCUT2D eigenvalue weighted by atomic mass is 15.3. The maximum atomic E-state index is 5.55. The number of aromatic nitrogens is 3. The third kappa shape index (κ3) is 1.19. The molecular formula is C9H12N4. The molecule has 0 bridgehead atoms. The van der Waals surface area contributed by atoms with Crippen molar-refractivity contribution < 1.29 is 0 Å². The van der Waals surface area contributed by atoms with Crippen LogP contribution in [0.1, 0.15) is 11.3 Å². The molecule has 0 saturated heterocycles. The first-order chi connectivity index (χ1) is 6.22. The molecule has 0 amide bonds. The van der Waals surface area contributed by atoms with Gasteiger partial charge in [-0.25, -0.2) is 0 Å². The first kappa shape index (κ1) is 8.19.